The highest BCUT2D eigenvalue weighted by atomic mass is 35.5. The van der Waals surface area contributed by atoms with Crippen LogP contribution in [0, 0.1) is 6.92 Å². The standard InChI is InChI=1S/C13H17ClN4/c1-3-12(15)5-10-4-9(2)13(16-6-10)18-8-11(14)7-17-18/h4,6-8,12H,3,5,15H2,1-2H3. The van der Waals surface area contributed by atoms with Crippen LogP contribution in [0.3, 0.4) is 0 Å². The van der Waals surface area contributed by atoms with Crippen molar-refractivity contribution in [2.75, 3.05) is 0 Å². The molecule has 2 rings (SSSR count). The molecule has 4 nitrogen and oxygen atoms in total. The zero-order valence-corrected chi connectivity index (χ0v) is 11.4. The van der Waals surface area contributed by atoms with E-state index in [-0.39, 0.29) is 6.04 Å². The zero-order chi connectivity index (χ0) is 13.1. The van der Waals surface area contributed by atoms with Crippen molar-refractivity contribution in [3.63, 3.8) is 0 Å². The van der Waals surface area contributed by atoms with E-state index in [1.807, 2.05) is 13.1 Å². The van der Waals surface area contributed by atoms with Gasteiger partial charge in [0.2, 0.25) is 0 Å². The van der Waals surface area contributed by atoms with E-state index in [1.165, 1.54) is 0 Å². The number of rotatable bonds is 4. The summed E-state index contributed by atoms with van der Waals surface area (Å²) in [5.74, 6) is 0.802. The number of nitrogens with two attached hydrogens (primary N) is 1. The molecule has 2 aromatic rings. The molecule has 0 fully saturated rings. The molecular formula is C13H17ClN4. The Hall–Kier alpha value is -1.39. The predicted molar refractivity (Wildman–Crippen MR) is 73.1 cm³/mol. The summed E-state index contributed by atoms with van der Waals surface area (Å²) in [4.78, 5) is 4.44. The molecule has 1 atom stereocenters. The van der Waals surface area contributed by atoms with Gasteiger partial charge in [0.25, 0.3) is 0 Å². The molecule has 0 aromatic carbocycles. The van der Waals surface area contributed by atoms with Crippen molar-refractivity contribution in [2.45, 2.75) is 32.7 Å². The Kier molecular flexibility index (Phi) is 3.99. The fourth-order valence-electron chi connectivity index (χ4n) is 1.84. The van der Waals surface area contributed by atoms with Crippen molar-refractivity contribution in [3.8, 4) is 5.82 Å². The monoisotopic (exact) mass is 264 g/mol. The summed E-state index contributed by atoms with van der Waals surface area (Å²) in [6, 6.07) is 2.30. The average molecular weight is 265 g/mol. The van der Waals surface area contributed by atoms with Crippen LogP contribution in [-0.4, -0.2) is 20.8 Å². The molecule has 2 heterocycles. The number of pyridine rings is 1. The number of halogens is 1. The first kappa shape index (κ1) is 13.1. The molecule has 0 radical (unpaired) electrons. The lowest BCUT2D eigenvalue weighted by molar-refractivity contribution is 0.644. The molecule has 0 aliphatic carbocycles. The van der Waals surface area contributed by atoms with Crippen LogP contribution in [0.2, 0.25) is 5.02 Å². The summed E-state index contributed by atoms with van der Waals surface area (Å²) in [7, 11) is 0. The molecule has 0 saturated carbocycles. The van der Waals surface area contributed by atoms with E-state index in [1.54, 1.807) is 17.1 Å². The Bertz CT molecular complexity index is 536. The maximum atomic E-state index is 5.94. The molecule has 0 bridgehead atoms. The lowest BCUT2D eigenvalue weighted by atomic mass is 10.1. The van der Waals surface area contributed by atoms with Crippen molar-refractivity contribution >= 4 is 11.6 Å². The predicted octanol–water partition coefficient (Wildman–Crippen LogP) is 2.51. The van der Waals surface area contributed by atoms with Gasteiger partial charge in [-0.1, -0.05) is 24.6 Å². The van der Waals surface area contributed by atoms with Gasteiger partial charge in [0.1, 0.15) is 0 Å². The minimum Gasteiger partial charge on any atom is -0.327 e. The topological polar surface area (TPSA) is 56.7 Å². The second kappa shape index (κ2) is 5.50. The van der Waals surface area contributed by atoms with Crippen molar-refractivity contribution in [1.29, 1.82) is 0 Å². The summed E-state index contributed by atoms with van der Waals surface area (Å²) >= 11 is 5.85. The molecular weight excluding hydrogens is 248 g/mol. The maximum absolute atomic E-state index is 5.94. The zero-order valence-electron chi connectivity index (χ0n) is 10.6. The van der Waals surface area contributed by atoms with Gasteiger partial charge in [0, 0.05) is 12.2 Å². The van der Waals surface area contributed by atoms with Crippen LogP contribution in [0.4, 0.5) is 0 Å². The molecule has 2 aromatic heterocycles. The Balaban J connectivity index is 2.25. The Morgan fingerprint density at radius 2 is 2.22 bits per heavy atom. The van der Waals surface area contributed by atoms with Gasteiger partial charge in [-0.15, -0.1) is 0 Å². The average Bonchev–Trinajstić information content (AvgIpc) is 2.75. The van der Waals surface area contributed by atoms with Crippen LogP contribution in [0.15, 0.2) is 24.7 Å². The highest BCUT2D eigenvalue weighted by Gasteiger charge is 2.07. The molecule has 96 valence electrons. The largest absolute Gasteiger partial charge is 0.327 e. The van der Waals surface area contributed by atoms with Gasteiger partial charge in [0.05, 0.1) is 17.4 Å². The molecule has 2 N–H and O–H groups in total. The molecule has 1 unspecified atom stereocenters. The lowest BCUT2D eigenvalue weighted by Gasteiger charge is -2.11. The molecule has 0 amide bonds. The molecule has 0 spiro atoms. The minimum atomic E-state index is 0.191. The highest BCUT2D eigenvalue weighted by molar-refractivity contribution is 6.30. The van der Waals surface area contributed by atoms with Crippen molar-refractivity contribution in [3.05, 3.63) is 40.8 Å². The molecule has 0 aliphatic heterocycles. The third-order valence-electron chi connectivity index (χ3n) is 2.90. The smallest absolute Gasteiger partial charge is 0.156 e. The van der Waals surface area contributed by atoms with Gasteiger partial charge >= 0.3 is 0 Å². The fourth-order valence-corrected chi connectivity index (χ4v) is 1.98. The summed E-state index contributed by atoms with van der Waals surface area (Å²) in [5, 5.41) is 4.76. The number of hydrogen-bond acceptors (Lipinski definition) is 3. The number of aromatic nitrogens is 3. The quantitative estimate of drug-likeness (QED) is 0.923. The van der Waals surface area contributed by atoms with E-state index in [2.05, 4.69) is 23.1 Å². The highest BCUT2D eigenvalue weighted by Crippen LogP contribution is 2.15. The third-order valence-corrected chi connectivity index (χ3v) is 3.09. The molecule has 18 heavy (non-hydrogen) atoms. The summed E-state index contributed by atoms with van der Waals surface area (Å²) in [6.07, 6.45) is 7.02. The van der Waals surface area contributed by atoms with E-state index in [0.29, 0.717) is 5.02 Å². The van der Waals surface area contributed by atoms with Crippen molar-refractivity contribution < 1.29 is 0 Å². The first-order valence-corrected chi connectivity index (χ1v) is 6.39. The maximum Gasteiger partial charge on any atom is 0.156 e. The van der Waals surface area contributed by atoms with Crippen molar-refractivity contribution in [2.24, 2.45) is 5.73 Å². The Morgan fingerprint density at radius 3 is 2.78 bits per heavy atom. The number of aryl methyl sites for hydroxylation is 1. The first-order chi connectivity index (χ1) is 8.60. The Labute approximate surface area is 112 Å². The Morgan fingerprint density at radius 1 is 1.44 bits per heavy atom. The van der Waals surface area contributed by atoms with Crippen molar-refractivity contribution in [1.82, 2.24) is 14.8 Å². The third kappa shape index (κ3) is 2.89. The first-order valence-electron chi connectivity index (χ1n) is 6.01. The van der Waals surface area contributed by atoms with Crippen LogP contribution in [0.5, 0.6) is 0 Å². The number of nitrogens with zero attached hydrogens (tertiary/aromatic N) is 3. The van der Waals surface area contributed by atoms with Crippen LogP contribution < -0.4 is 5.73 Å². The second-order valence-electron chi connectivity index (χ2n) is 4.46. The van der Waals surface area contributed by atoms with E-state index in [0.717, 1.165) is 29.8 Å². The SMILES string of the molecule is CCC(N)Cc1cnc(-n2cc(Cl)cn2)c(C)c1. The summed E-state index contributed by atoms with van der Waals surface area (Å²) < 4.78 is 1.68. The van der Waals surface area contributed by atoms with Gasteiger partial charge < -0.3 is 5.73 Å². The van der Waals surface area contributed by atoms with Gasteiger partial charge in [0.15, 0.2) is 5.82 Å². The lowest BCUT2D eigenvalue weighted by Crippen LogP contribution is -2.21. The minimum absolute atomic E-state index is 0.191. The van der Waals surface area contributed by atoms with E-state index in [4.69, 9.17) is 17.3 Å². The van der Waals surface area contributed by atoms with Crippen LogP contribution in [0.1, 0.15) is 24.5 Å². The van der Waals surface area contributed by atoms with Gasteiger partial charge in [-0.2, -0.15) is 5.10 Å². The normalized spacial score (nSPS) is 12.7. The summed E-state index contributed by atoms with van der Waals surface area (Å²) in [6.45, 7) is 4.10. The molecule has 5 heteroatoms. The second-order valence-corrected chi connectivity index (χ2v) is 4.90. The van der Waals surface area contributed by atoms with Gasteiger partial charge in [-0.25, -0.2) is 9.67 Å². The van der Waals surface area contributed by atoms with Gasteiger partial charge in [-0.3, -0.25) is 0 Å². The number of hydrogen-bond donors (Lipinski definition) is 1. The van der Waals surface area contributed by atoms with Crippen LogP contribution in [-0.2, 0) is 6.42 Å². The van der Waals surface area contributed by atoms with Crippen LogP contribution in [0.25, 0.3) is 5.82 Å². The molecule has 0 saturated heterocycles. The fraction of sp³-hybridized carbons (Fsp3) is 0.385. The van der Waals surface area contributed by atoms with E-state index >= 15 is 0 Å². The molecule has 0 aliphatic rings. The van der Waals surface area contributed by atoms with Gasteiger partial charge in [-0.05, 0) is 30.9 Å². The van der Waals surface area contributed by atoms with Crippen LogP contribution >= 0.6 is 11.6 Å². The van der Waals surface area contributed by atoms with E-state index < -0.39 is 0 Å². The summed E-state index contributed by atoms with van der Waals surface area (Å²) in [5.41, 5.74) is 8.17. The van der Waals surface area contributed by atoms with E-state index in [9.17, 15) is 0 Å².